The van der Waals surface area contributed by atoms with Gasteiger partial charge in [-0.25, -0.2) is 0 Å². The van der Waals surface area contributed by atoms with E-state index < -0.39 is 5.91 Å². The van der Waals surface area contributed by atoms with Crippen LogP contribution in [0, 0.1) is 11.3 Å². The predicted molar refractivity (Wildman–Crippen MR) is 90.8 cm³/mol. The summed E-state index contributed by atoms with van der Waals surface area (Å²) in [5.74, 6) is -0.442. The van der Waals surface area contributed by atoms with Crippen molar-refractivity contribution in [1.82, 2.24) is 10.2 Å². The van der Waals surface area contributed by atoms with Crippen LogP contribution >= 0.6 is 11.3 Å². The second-order valence-corrected chi connectivity index (χ2v) is 5.67. The number of aromatic nitrogens is 2. The van der Waals surface area contributed by atoms with Crippen LogP contribution < -0.4 is 10.1 Å². The van der Waals surface area contributed by atoms with Crippen LogP contribution in [0.3, 0.4) is 0 Å². The summed E-state index contributed by atoms with van der Waals surface area (Å²) < 4.78 is 5.28. The van der Waals surface area contributed by atoms with Crippen LogP contribution in [0.1, 0.15) is 24.4 Å². The number of nitrogens with zero attached hydrogens (tertiary/aromatic N) is 3. The first-order valence-electron chi connectivity index (χ1n) is 7.29. The third-order valence-corrected chi connectivity index (χ3v) is 3.97. The van der Waals surface area contributed by atoms with Gasteiger partial charge < -0.3 is 9.84 Å². The molecule has 0 saturated carbocycles. The number of nitriles is 1. The SMILES string of the molecule is CCOc1cccc(C=C(C#N)C(=O)Nc2nnc(CC)s2)c1O. The molecule has 2 N–H and O–H groups in total. The number of amides is 1. The minimum atomic E-state index is -0.613. The lowest BCUT2D eigenvalue weighted by molar-refractivity contribution is -0.112. The van der Waals surface area contributed by atoms with Crippen molar-refractivity contribution in [2.75, 3.05) is 11.9 Å². The van der Waals surface area contributed by atoms with Gasteiger partial charge in [0.15, 0.2) is 11.5 Å². The molecule has 2 rings (SSSR count). The zero-order chi connectivity index (χ0) is 17.5. The first-order chi connectivity index (χ1) is 11.6. The molecule has 2 aromatic rings. The van der Waals surface area contributed by atoms with Gasteiger partial charge >= 0.3 is 0 Å². The van der Waals surface area contributed by atoms with Crippen molar-refractivity contribution in [2.45, 2.75) is 20.3 Å². The fourth-order valence-corrected chi connectivity index (χ4v) is 2.52. The van der Waals surface area contributed by atoms with Gasteiger partial charge in [0.05, 0.1) is 6.61 Å². The van der Waals surface area contributed by atoms with Crippen LogP contribution in [0.25, 0.3) is 6.08 Å². The van der Waals surface area contributed by atoms with E-state index in [-0.39, 0.29) is 11.3 Å². The molecule has 1 aromatic carbocycles. The van der Waals surface area contributed by atoms with Gasteiger partial charge in [-0.2, -0.15) is 5.26 Å². The molecule has 1 heterocycles. The Labute approximate surface area is 143 Å². The Balaban J connectivity index is 2.24. The highest BCUT2D eigenvalue weighted by molar-refractivity contribution is 7.15. The number of nitrogens with one attached hydrogen (secondary N) is 1. The molecule has 0 radical (unpaired) electrons. The zero-order valence-electron chi connectivity index (χ0n) is 13.2. The standard InChI is InChI=1S/C16H16N4O3S/c1-3-13-19-20-16(24-13)18-15(22)11(9-17)8-10-6-5-7-12(14(10)21)23-4-2/h5-8,21H,3-4H2,1-2H3,(H,18,20,22). The molecule has 0 unspecified atom stereocenters. The van der Waals surface area contributed by atoms with Crippen molar-refractivity contribution in [2.24, 2.45) is 0 Å². The molecule has 7 nitrogen and oxygen atoms in total. The molecule has 24 heavy (non-hydrogen) atoms. The Bertz CT molecular complexity index is 808. The highest BCUT2D eigenvalue weighted by Gasteiger charge is 2.14. The quantitative estimate of drug-likeness (QED) is 0.616. The van der Waals surface area contributed by atoms with Gasteiger partial charge in [0, 0.05) is 5.56 Å². The number of para-hydroxylation sites is 1. The van der Waals surface area contributed by atoms with E-state index in [4.69, 9.17) is 4.74 Å². The van der Waals surface area contributed by atoms with Crippen molar-refractivity contribution in [3.63, 3.8) is 0 Å². The fraction of sp³-hybridized carbons (Fsp3) is 0.250. The van der Waals surface area contributed by atoms with E-state index in [0.717, 1.165) is 5.01 Å². The summed E-state index contributed by atoms with van der Waals surface area (Å²) in [4.78, 5) is 12.2. The Morgan fingerprint density at radius 3 is 2.88 bits per heavy atom. The largest absolute Gasteiger partial charge is 0.504 e. The highest BCUT2D eigenvalue weighted by Crippen LogP contribution is 2.31. The van der Waals surface area contributed by atoms with Crippen LogP contribution in [-0.4, -0.2) is 27.8 Å². The van der Waals surface area contributed by atoms with E-state index in [1.165, 1.54) is 17.4 Å². The van der Waals surface area contributed by atoms with Gasteiger partial charge in [0.25, 0.3) is 5.91 Å². The summed E-state index contributed by atoms with van der Waals surface area (Å²) >= 11 is 1.25. The molecule has 0 aliphatic carbocycles. The molecule has 0 aliphatic rings. The van der Waals surface area contributed by atoms with Crippen molar-refractivity contribution in [3.05, 3.63) is 34.3 Å². The van der Waals surface area contributed by atoms with E-state index >= 15 is 0 Å². The van der Waals surface area contributed by atoms with Crippen molar-refractivity contribution < 1.29 is 14.6 Å². The Morgan fingerprint density at radius 2 is 2.25 bits per heavy atom. The molecule has 0 fully saturated rings. The summed E-state index contributed by atoms with van der Waals surface area (Å²) in [5, 5.41) is 30.7. The van der Waals surface area contributed by atoms with Crippen LogP contribution in [-0.2, 0) is 11.2 Å². The van der Waals surface area contributed by atoms with Gasteiger partial charge in [-0.05, 0) is 25.5 Å². The molecular weight excluding hydrogens is 328 g/mol. The van der Waals surface area contributed by atoms with Crippen LogP contribution in [0.2, 0.25) is 0 Å². The number of phenols is 1. The first kappa shape index (κ1) is 17.4. The fourth-order valence-electron chi connectivity index (χ4n) is 1.84. The molecule has 0 bridgehead atoms. The summed E-state index contributed by atoms with van der Waals surface area (Å²) in [6.45, 7) is 4.12. The molecule has 0 spiro atoms. The van der Waals surface area contributed by atoms with Crippen LogP contribution in [0.15, 0.2) is 23.8 Å². The maximum absolute atomic E-state index is 12.2. The number of hydrogen-bond acceptors (Lipinski definition) is 7. The number of carbonyl (C=O) groups excluding carboxylic acids is 1. The lowest BCUT2D eigenvalue weighted by Gasteiger charge is -2.08. The average Bonchev–Trinajstić information content (AvgIpc) is 3.03. The van der Waals surface area contributed by atoms with E-state index in [1.54, 1.807) is 25.1 Å². The first-order valence-corrected chi connectivity index (χ1v) is 8.11. The summed E-state index contributed by atoms with van der Waals surface area (Å²) in [7, 11) is 0. The summed E-state index contributed by atoms with van der Waals surface area (Å²) in [6, 6.07) is 6.68. The number of anilines is 1. The maximum Gasteiger partial charge on any atom is 0.268 e. The second kappa shape index (κ2) is 8.08. The lowest BCUT2D eigenvalue weighted by atomic mass is 10.1. The van der Waals surface area contributed by atoms with Crippen molar-refractivity contribution in [3.8, 4) is 17.6 Å². The number of hydrogen-bond donors (Lipinski definition) is 2. The minimum absolute atomic E-state index is 0.121. The minimum Gasteiger partial charge on any atom is -0.504 e. The average molecular weight is 344 g/mol. The monoisotopic (exact) mass is 344 g/mol. The number of phenolic OH excluding ortho intramolecular Hbond substituents is 1. The van der Waals surface area contributed by atoms with Gasteiger partial charge in [-0.3, -0.25) is 10.1 Å². The van der Waals surface area contributed by atoms with Gasteiger partial charge in [0.1, 0.15) is 16.6 Å². The Kier molecular flexibility index (Phi) is 5.87. The molecular formula is C16H16N4O3S. The Hall–Kier alpha value is -2.92. The lowest BCUT2D eigenvalue weighted by Crippen LogP contribution is -2.13. The zero-order valence-corrected chi connectivity index (χ0v) is 14.1. The predicted octanol–water partition coefficient (Wildman–Crippen LogP) is 2.75. The van der Waals surface area contributed by atoms with E-state index in [9.17, 15) is 15.2 Å². The molecule has 0 aliphatic heterocycles. The van der Waals surface area contributed by atoms with Gasteiger partial charge in [-0.15, -0.1) is 10.2 Å². The smallest absolute Gasteiger partial charge is 0.268 e. The normalized spacial score (nSPS) is 11.0. The van der Waals surface area contributed by atoms with Crippen LogP contribution in [0.4, 0.5) is 5.13 Å². The van der Waals surface area contributed by atoms with E-state index in [2.05, 4.69) is 15.5 Å². The number of aryl methyl sites for hydroxylation is 1. The van der Waals surface area contributed by atoms with E-state index in [0.29, 0.717) is 29.5 Å². The number of rotatable bonds is 6. The van der Waals surface area contributed by atoms with Gasteiger partial charge in [0.2, 0.25) is 5.13 Å². The molecule has 0 saturated heterocycles. The second-order valence-electron chi connectivity index (χ2n) is 4.61. The maximum atomic E-state index is 12.2. The van der Waals surface area contributed by atoms with Crippen LogP contribution in [0.5, 0.6) is 11.5 Å². The number of carbonyl (C=O) groups is 1. The van der Waals surface area contributed by atoms with Gasteiger partial charge in [-0.1, -0.05) is 30.4 Å². The van der Waals surface area contributed by atoms with E-state index in [1.807, 2.05) is 13.0 Å². The third-order valence-electron chi connectivity index (χ3n) is 2.98. The molecule has 1 amide bonds. The topological polar surface area (TPSA) is 108 Å². The summed E-state index contributed by atoms with van der Waals surface area (Å²) in [5.41, 5.74) is 0.159. The summed E-state index contributed by atoms with van der Waals surface area (Å²) in [6.07, 6.45) is 2.02. The molecule has 124 valence electrons. The molecule has 8 heteroatoms. The number of aromatic hydroxyl groups is 1. The van der Waals surface area contributed by atoms with Crippen molar-refractivity contribution in [1.29, 1.82) is 5.26 Å². The number of benzene rings is 1. The molecule has 0 atom stereocenters. The molecule has 1 aromatic heterocycles. The number of ether oxygens (including phenoxy) is 1. The van der Waals surface area contributed by atoms with Crippen molar-refractivity contribution >= 4 is 28.5 Å². The highest BCUT2D eigenvalue weighted by atomic mass is 32.1. The Morgan fingerprint density at radius 1 is 1.46 bits per heavy atom. The third kappa shape index (κ3) is 4.08.